The van der Waals surface area contributed by atoms with E-state index in [-0.39, 0.29) is 5.03 Å². The zero-order chi connectivity index (χ0) is 15.5. The first kappa shape index (κ1) is 15.9. The summed E-state index contributed by atoms with van der Waals surface area (Å²) in [4.78, 5) is 9.35. The van der Waals surface area contributed by atoms with E-state index in [1.165, 1.54) is 17.5 Å². The van der Waals surface area contributed by atoms with Crippen LogP contribution in [0, 0.1) is 0 Å². The molecule has 6 nitrogen and oxygen atoms in total. The summed E-state index contributed by atoms with van der Waals surface area (Å²) in [6.07, 6.45) is 4.13. The Morgan fingerprint density at radius 2 is 2.14 bits per heavy atom. The lowest BCUT2D eigenvalue weighted by molar-refractivity contribution is 0.563. The molecule has 8 heteroatoms. The van der Waals surface area contributed by atoms with Gasteiger partial charge >= 0.3 is 0 Å². The number of pyridine rings is 1. The molecule has 0 aliphatic rings. The third-order valence-corrected chi connectivity index (χ3v) is 5.74. The molecule has 2 aromatic heterocycles. The zero-order valence-corrected chi connectivity index (χ0v) is 13.8. The van der Waals surface area contributed by atoms with Crippen molar-refractivity contribution in [1.82, 2.24) is 14.7 Å². The van der Waals surface area contributed by atoms with Gasteiger partial charge in [0.2, 0.25) is 0 Å². The lowest BCUT2D eigenvalue weighted by Gasteiger charge is -2.13. The van der Waals surface area contributed by atoms with Crippen molar-refractivity contribution in [1.29, 1.82) is 0 Å². The van der Waals surface area contributed by atoms with Gasteiger partial charge in [0.25, 0.3) is 10.0 Å². The molecule has 0 aliphatic heterocycles. The fraction of sp³-hybridized carbons (Fsp3) is 0.385. The van der Waals surface area contributed by atoms with Gasteiger partial charge in [-0.2, -0.15) is 0 Å². The molecule has 1 atom stereocenters. The summed E-state index contributed by atoms with van der Waals surface area (Å²) >= 11 is 1.51. The van der Waals surface area contributed by atoms with Gasteiger partial charge in [-0.3, -0.25) is 0 Å². The molecule has 0 aromatic carbocycles. The zero-order valence-electron chi connectivity index (χ0n) is 12.1. The van der Waals surface area contributed by atoms with E-state index in [0.29, 0.717) is 5.69 Å². The number of aryl methyl sites for hydroxylation is 1. The highest BCUT2D eigenvalue weighted by Crippen LogP contribution is 2.23. The number of hydrogen-bond acceptors (Lipinski definition) is 6. The molecule has 2 N–H and O–H groups in total. The molecule has 0 radical (unpaired) electrons. The number of rotatable bonds is 6. The highest BCUT2D eigenvalue weighted by molar-refractivity contribution is 7.89. The van der Waals surface area contributed by atoms with Crippen molar-refractivity contribution in [3.05, 3.63) is 34.4 Å². The molecule has 114 valence electrons. The molecule has 21 heavy (non-hydrogen) atoms. The van der Waals surface area contributed by atoms with Crippen LogP contribution >= 0.6 is 11.3 Å². The number of sulfonamides is 1. The van der Waals surface area contributed by atoms with Crippen LogP contribution in [-0.4, -0.2) is 25.4 Å². The van der Waals surface area contributed by atoms with E-state index in [1.807, 2.05) is 6.92 Å². The largest absolute Gasteiger partial charge is 0.386 e. The molecular formula is C13H18N4O2S2. The number of anilines is 1. The van der Waals surface area contributed by atoms with E-state index in [9.17, 15) is 8.42 Å². The van der Waals surface area contributed by atoms with E-state index in [2.05, 4.69) is 20.0 Å². The molecule has 0 amide bonds. The molecule has 0 saturated carbocycles. The first-order valence-electron chi connectivity index (χ1n) is 6.57. The Morgan fingerprint density at radius 1 is 1.38 bits per heavy atom. The maximum atomic E-state index is 12.4. The Balaban J connectivity index is 2.24. The maximum absolute atomic E-state index is 12.4. The maximum Gasteiger partial charge on any atom is 0.260 e. The molecule has 0 fully saturated rings. The van der Waals surface area contributed by atoms with Gasteiger partial charge in [-0.25, -0.2) is 23.1 Å². The highest BCUT2D eigenvalue weighted by atomic mass is 32.2. The van der Waals surface area contributed by atoms with E-state index in [0.717, 1.165) is 16.3 Å². The summed E-state index contributed by atoms with van der Waals surface area (Å²) in [5.41, 5.74) is 0.464. The van der Waals surface area contributed by atoms with Crippen molar-refractivity contribution in [2.45, 2.75) is 31.3 Å². The van der Waals surface area contributed by atoms with Crippen LogP contribution in [0.25, 0.3) is 0 Å². The third kappa shape index (κ3) is 3.58. The van der Waals surface area contributed by atoms with Crippen molar-refractivity contribution in [3.8, 4) is 0 Å². The van der Waals surface area contributed by atoms with Gasteiger partial charge in [0.1, 0.15) is 5.01 Å². The van der Waals surface area contributed by atoms with Crippen molar-refractivity contribution < 1.29 is 8.42 Å². The topological polar surface area (TPSA) is 84.0 Å². The summed E-state index contributed by atoms with van der Waals surface area (Å²) in [7, 11) is -2.04. The minimum atomic E-state index is -3.70. The first-order chi connectivity index (χ1) is 9.97. The van der Waals surface area contributed by atoms with Crippen LogP contribution in [0.4, 0.5) is 5.69 Å². The Labute approximate surface area is 128 Å². The van der Waals surface area contributed by atoms with Gasteiger partial charge in [-0.1, -0.05) is 6.92 Å². The third-order valence-electron chi connectivity index (χ3n) is 2.92. The Kier molecular flexibility index (Phi) is 4.92. The number of hydrogen-bond donors (Lipinski definition) is 2. The Hall–Kier alpha value is -1.51. The van der Waals surface area contributed by atoms with Crippen LogP contribution in [0.15, 0.2) is 29.6 Å². The van der Waals surface area contributed by atoms with Crippen LogP contribution in [-0.2, 0) is 16.4 Å². The molecular weight excluding hydrogens is 308 g/mol. The number of aromatic nitrogens is 2. The van der Waals surface area contributed by atoms with Crippen LogP contribution < -0.4 is 10.0 Å². The summed E-state index contributed by atoms with van der Waals surface area (Å²) in [5.74, 6) is 0. The summed E-state index contributed by atoms with van der Waals surface area (Å²) in [6.45, 7) is 3.82. The second kappa shape index (κ2) is 6.50. The van der Waals surface area contributed by atoms with Gasteiger partial charge in [-0.15, -0.1) is 11.3 Å². The fourth-order valence-electron chi connectivity index (χ4n) is 1.82. The fourth-order valence-corrected chi connectivity index (χ4v) is 4.10. The monoisotopic (exact) mass is 326 g/mol. The van der Waals surface area contributed by atoms with Crippen molar-refractivity contribution in [2.24, 2.45) is 0 Å². The van der Waals surface area contributed by atoms with Crippen molar-refractivity contribution in [3.63, 3.8) is 0 Å². The lowest BCUT2D eigenvalue weighted by Crippen LogP contribution is -2.28. The quantitative estimate of drug-likeness (QED) is 0.850. The highest BCUT2D eigenvalue weighted by Gasteiger charge is 2.23. The van der Waals surface area contributed by atoms with Crippen LogP contribution in [0.2, 0.25) is 0 Å². The normalized spacial score (nSPS) is 13.1. The van der Waals surface area contributed by atoms with Crippen molar-refractivity contribution in [2.75, 3.05) is 12.4 Å². The predicted molar refractivity (Wildman–Crippen MR) is 84.0 cm³/mol. The lowest BCUT2D eigenvalue weighted by atomic mass is 10.4. The molecule has 0 spiro atoms. The van der Waals surface area contributed by atoms with Gasteiger partial charge < -0.3 is 5.32 Å². The Morgan fingerprint density at radius 3 is 2.76 bits per heavy atom. The minimum absolute atomic E-state index is 0.00776. The van der Waals surface area contributed by atoms with Gasteiger partial charge in [0.15, 0.2) is 5.03 Å². The van der Waals surface area contributed by atoms with Crippen LogP contribution in [0.3, 0.4) is 0 Å². The first-order valence-corrected chi connectivity index (χ1v) is 8.87. The standard InChI is InChI=1S/C13H18N4O2S2/c1-4-10-8-16-12(20-10)9(2)17-21(18,19)13-11(14-3)6-5-7-15-13/h5-9,14,17H,4H2,1-3H3. The average molecular weight is 326 g/mol. The smallest absolute Gasteiger partial charge is 0.260 e. The number of nitrogens with zero attached hydrogens (tertiary/aromatic N) is 2. The SMILES string of the molecule is CCc1cnc(C(C)NS(=O)(=O)c2ncccc2NC)s1. The summed E-state index contributed by atoms with van der Waals surface area (Å²) in [5, 5.41) is 3.57. The molecule has 2 heterocycles. The predicted octanol–water partition coefficient (Wildman–Crippen LogP) is 2.18. The van der Waals surface area contributed by atoms with Gasteiger partial charge in [-0.05, 0) is 25.5 Å². The average Bonchev–Trinajstić information content (AvgIpc) is 2.96. The number of nitrogens with one attached hydrogen (secondary N) is 2. The molecule has 0 bridgehead atoms. The van der Waals surface area contributed by atoms with Crippen molar-refractivity contribution >= 4 is 27.0 Å². The van der Waals surface area contributed by atoms with E-state index >= 15 is 0 Å². The molecule has 0 saturated heterocycles. The second-order valence-electron chi connectivity index (χ2n) is 4.47. The van der Waals surface area contributed by atoms with Gasteiger partial charge in [0, 0.05) is 24.3 Å². The minimum Gasteiger partial charge on any atom is -0.386 e. The Bertz CT molecular complexity index is 712. The molecule has 0 aliphatic carbocycles. The summed E-state index contributed by atoms with van der Waals surface area (Å²) in [6, 6.07) is 2.96. The second-order valence-corrected chi connectivity index (χ2v) is 7.24. The van der Waals surface area contributed by atoms with E-state index in [1.54, 1.807) is 32.3 Å². The molecule has 2 aromatic rings. The van der Waals surface area contributed by atoms with Gasteiger partial charge in [0.05, 0.1) is 11.7 Å². The summed E-state index contributed by atoms with van der Waals surface area (Å²) < 4.78 is 27.5. The molecule has 1 unspecified atom stereocenters. The van der Waals surface area contributed by atoms with E-state index < -0.39 is 16.1 Å². The van der Waals surface area contributed by atoms with E-state index in [4.69, 9.17) is 0 Å². The van der Waals surface area contributed by atoms with Crippen LogP contribution in [0.5, 0.6) is 0 Å². The van der Waals surface area contributed by atoms with Crippen LogP contribution in [0.1, 0.15) is 29.8 Å². The number of thiazole rings is 1. The molecule has 2 rings (SSSR count).